The second-order valence-corrected chi connectivity index (χ2v) is 10.4. The summed E-state index contributed by atoms with van der Waals surface area (Å²) in [6.07, 6.45) is 1.44. The Kier molecular flexibility index (Phi) is 7.85. The van der Waals surface area contributed by atoms with Crippen molar-refractivity contribution >= 4 is 11.8 Å². The lowest BCUT2D eigenvalue weighted by Crippen LogP contribution is -2.24. The number of carbonyl (C=O) groups excluding carboxylic acids is 1. The molecule has 41 heavy (non-hydrogen) atoms. The highest BCUT2D eigenvalue weighted by molar-refractivity contribution is 6.05. The number of carbonyl (C=O) groups is 1. The van der Waals surface area contributed by atoms with Crippen LogP contribution in [0.4, 0.5) is 0 Å². The highest BCUT2D eigenvalue weighted by Gasteiger charge is 2.33. The molecule has 3 heterocycles. The average molecular weight is 556 g/mol. The maximum absolute atomic E-state index is 13.5. The fourth-order valence-corrected chi connectivity index (χ4v) is 4.78. The van der Waals surface area contributed by atoms with Crippen LogP contribution < -0.4 is 0 Å². The van der Waals surface area contributed by atoms with Crippen molar-refractivity contribution in [3.05, 3.63) is 101 Å². The molecule has 2 aliphatic rings. The number of amidine groups is 1. The minimum Gasteiger partial charge on any atom is -0.453 e. The van der Waals surface area contributed by atoms with Crippen LogP contribution in [0, 0.1) is 0 Å². The van der Waals surface area contributed by atoms with Gasteiger partial charge in [0.1, 0.15) is 22.9 Å². The lowest BCUT2D eigenvalue weighted by molar-refractivity contribution is 0.0436. The minimum absolute atomic E-state index is 0.132. The van der Waals surface area contributed by atoms with Crippen molar-refractivity contribution in [1.82, 2.24) is 9.55 Å². The second-order valence-electron chi connectivity index (χ2n) is 10.4. The molecule has 2 aromatic carbocycles. The highest BCUT2D eigenvalue weighted by Crippen LogP contribution is 2.30. The topological polar surface area (TPSA) is 120 Å². The van der Waals surface area contributed by atoms with Crippen molar-refractivity contribution in [3.8, 4) is 11.1 Å². The summed E-state index contributed by atoms with van der Waals surface area (Å²) >= 11 is 0. The van der Waals surface area contributed by atoms with Crippen LogP contribution in [0.25, 0.3) is 11.1 Å². The quantitative estimate of drug-likeness (QED) is 0.313. The minimum atomic E-state index is -1.37. The summed E-state index contributed by atoms with van der Waals surface area (Å²) in [6, 6.07) is 16.1. The number of benzene rings is 2. The number of rotatable bonds is 10. The number of azo groups is 1. The normalized spacial score (nSPS) is 14.8. The molecule has 3 aromatic rings. The van der Waals surface area contributed by atoms with Crippen LogP contribution in [0.5, 0.6) is 0 Å². The molecule has 1 aromatic heterocycles. The van der Waals surface area contributed by atoms with Crippen molar-refractivity contribution < 1.29 is 24.1 Å². The van der Waals surface area contributed by atoms with Gasteiger partial charge in [0, 0.05) is 18.5 Å². The van der Waals surface area contributed by atoms with Gasteiger partial charge in [-0.15, -0.1) is 5.11 Å². The molecular weight excluding hydrogens is 522 g/mol. The summed E-state index contributed by atoms with van der Waals surface area (Å²) in [5, 5.41) is 19.1. The van der Waals surface area contributed by atoms with Crippen molar-refractivity contribution in [2.24, 2.45) is 15.2 Å². The van der Waals surface area contributed by atoms with Crippen LogP contribution in [0.15, 0.2) is 87.8 Å². The van der Waals surface area contributed by atoms with E-state index in [1.54, 1.807) is 20.8 Å². The smallest absolute Gasteiger partial charge is 0.357 e. The molecule has 0 saturated heterocycles. The monoisotopic (exact) mass is 555 g/mol. The lowest BCUT2D eigenvalue weighted by atomic mass is 9.98. The van der Waals surface area contributed by atoms with Crippen LogP contribution in [0.1, 0.15) is 67.2 Å². The lowest BCUT2D eigenvalue weighted by Gasteiger charge is -2.18. The Hall–Kier alpha value is -4.57. The van der Waals surface area contributed by atoms with E-state index in [0.29, 0.717) is 42.8 Å². The van der Waals surface area contributed by atoms with Gasteiger partial charge in [0.2, 0.25) is 0 Å². The standard InChI is InChI=1S/C31H33N5O5/c1-6-9-26-34-28(31(4,5)38)27(30(37)39-17-25-19(2)40-20(3)41-25)36(26)16-21-12-14-22(15-13-21)23-10-7-8-11-24(23)29-32-18-33-35-29/h7-8,10-15,38H,3,6,9,16-18H2,1-2,4-5H3. The molecule has 0 saturated carbocycles. The number of nitrogens with zero attached hydrogens (tertiary/aromatic N) is 5. The van der Waals surface area contributed by atoms with Gasteiger partial charge < -0.3 is 23.9 Å². The third-order valence-corrected chi connectivity index (χ3v) is 6.75. The van der Waals surface area contributed by atoms with E-state index in [4.69, 9.17) is 19.2 Å². The van der Waals surface area contributed by atoms with Crippen molar-refractivity contribution in [2.45, 2.75) is 52.7 Å². The Labute approximate surface area is 238 Å². The van der Waals surface area contributed by atoms with E-state index in [9.17, 15) is 9.90 Å². The van der Waals surface area contributed by atoms with Gasteiger partial charge >= 0.3 is 5.97 Å². The first-order valence-corrected chi connectivity index (χ1v) is 13.5. The van der Waals surface area contributed by atoms with Gasteiger partial charge in [-0.2, -0.15) is 5.11 Å². The van der Waals surface area contributed by atoms with Gasteiger partial charge in [0.05, 0.1) is 0 Å². The Bertz CT molecular complexity index is 1580. The molecule has 212 valence electrons. The third-order valence-electron chi connectivity index (χ3n) is 6.75. The zero-order valence-electron chi connectivity index (χ0n) is 23.7. The van der Waals surface area contributed by atoms with Gasteiger partial charge in [-0.05, 0) is 50.5 Å². The maximum Gasteiger partial charge on any atom is 0.357 e. The molecule has 10 nitrogen and oxygen atoms in total. The second kappa shape index (κ2) is 11.5. The van der Waals surface area contributed by atoms with E-state index < -0.39 is 11.6 Å². The maximum atomic E-state index is 13.5. The Balaban J connectivity index is 1.46. The predicted octanol–water partition coefficient (Wildman–Crippen LogP) is 5.85. The first kappa shape index (κ1) is 28.0. The van der Waals surface area contributed by atoms with Crippen molar-refractivity contribution in [2.75, 3.05) is 13.3 Å². The summed E-state index contributed by atoms with van der Waals surface area (Å²) in [5.74, 6) is 1.69. The fraction of sp³-hybridized carbons (Fsp3) is 0.323. The summed E-state index contributed by atoms with van der Waals surface area (Å²) < 4.78 is 18.2. The number of hydrogen-bond acceptors (Lipinski definition) is 9. The van der Waals surface area contributed by atoms with Crippen molar-refractivity contribution in [3.63, 3.8) is 0 Å². The molecule has 0 spiro atoms. The molecule has 0 bridgehead atoms. The number of hydrogen-bond donors (Lipinski definition) is 1. The molecule has 0 fully saturated rings. The van der Waals surface area contributed by atoms with Gasteiger partial charge in [-0.1, -0.05) is 55.5 Å². The number of aryl methyl sites for hydroxylation is 1. The molecule has 0 amide bonds. The van der Waals surface area contributed by atoms with Crippen molar-refractivity contribution in [1.29, 1.82) is 0 Å². The SMILES string of the molecule is C=C1OC(C)=C(COC(=O)c2c(C(C)(C)O)nc(CCC)n2Cc2ccc(-c3ccccc3C3=NCN=N3)cc2)O1. The molecular formula is C31H33N5O5. The third kappa shape index (κ3) is 5.97. The molecule has 0 aliphatic carbocycles. The summed E-state index contributed by atoms with van der Waals surface area (Å²) in [4.78, 5) is 22.6. The molecule has 0 atom stereocenters. The zero-order valence-corrected chi connectivity index (χ0v) is 23.7. The number of allylic oxidation sites excluding steroid dienone is 1. The summed E-state index contributed by atoms with van der Waals surface area (Å²) in [6.45, 7) is 11.2. The Morgan fingerprint density at radius 1 is 1.12 bits per heavy atom. The van der Waals surface area contributed by atoms with Gasteiger partial charge in [0.15, 0.2) is 30.6 Å². The fourth-order valence-electron chi connectivity index (χ4n) is 4.78. The van der Waals surface area contributed by atoms with E-state index in [2.05, 4.69) is 21.8 Å². The van der Waals surface area contributed by atoms with E-state index >= 15 is 0 Å². The highest BCUT2D eigenvalue weighted by atomic mass is 16.7. The number of aliphatic imine (C=N–C) groups is 1. The van der Waals surface area contributed by atoms with Crippen LogP contribution >= 0.6 is 0 Å². The summed E-state index contributed by atoms with van der Waals surface area (Å²) in [7, 11) is 0. The molecule has 10 heteroatoms. The van der Waals surface area contributed by atoms with Crippen LogP contribution in [0.3, 0.4) is 0 Å². The van der Waals surface area contributed by atoms with E-state index in [1.807, 2.05) is 60.0 Å². The summed E-state index contributed by atoms with van der Waals surface area (Å²) in [5.41, 5.74) is 3.00. The van der Waals surface area contributed by atoms with Crippen LogP contribution in [-0.2, 0) is 32.8 Å². The van der Waals surface area contributed by atoms with Crippen LogP contribution in [-0.4, -0.2) is 39.7 Å². The predicted molar refractivity (Wildman–Crippen MR) is 153 cm³/mol. The molecule has 0 radical (unpaired) electrons. The van der Waals surface area contributed by atoms with E-state index in [1.165, 1.54) is 0 Å². The first-order chi connectivity index (χ1) is 19.7. The Morgan fingerprint density at radius 3 is 2.46 bits per heavy atom. The number of ether oxygens (including phenoxy) is 3. The largest absolute Gasteiger partial charge is 0.453 e. The number of esters is 1. The van der Waals surface area contributed by atoms with E-state index in [0.717, 1.165) is 28.7 Å². The average Bonchev–Trinajstić information content (AvgIpc) is 3.67. The molecule has 0 unspecified atom stereocenters. The Morgan fingerprint density at radius 2 is 1.85 bits per heavy atom. The van der Waals surface area contributed by atoms with E-state index in [-0.39, 0.29) is 23.9 Å². The van der Waals surface area contributed by atoms with Crippen LogP contribution in [0.2, 0.25) is 0 Å². The number of aliphatic hydroxyl groups is 1. The molecule has 5 rings (SSSR count). The van der Waals surface area contributed by atoms with Gasteiger partial charge in [-0.3, -0.25) is 0 Å². The zero-order chi connectivity index (χ0) is 29.1. The first-order valence-electron chi connectivity index (χ1n) is 13.5. The van der Waals surface area contributed by atoms with Gasteiger partial charge in [-0.25, -0.2) is 14.8 Å². The molecule has 1 N–H and O–H groups in total. The molecule has 2 aliphatic heterocycles. The van der Waals surface area contributed by atoms with Gasteiger partial charge in [0.25, 0.3) is 5.95 Å². The number of imidazole rings is 1. The number of aromatic nitrogens is 2.